The van der Waals surface area contributed by atoms with E-state index in [4.69, 9.17) is 5.73 Å². The number of carbonyl (C=O) groups excluding carboxylic acids is 1. The van der Waals surface area contributed by atoms with E-state index in [2.05, 4.69) is 5.10 Å². The average molecular weight is 331 g/mol. The van der Waals surface area contributed by atoms with E-state index in [1.54, 1.807) is 19.1 Å². The van der Waals surface area contributed by atoms with Crippen molar-refractivity contribution in [3.63, 3.8) is 0 Å². The van der Waals surface area contributed by atoms with E-state index in [1.165, 1.54) is 16.8 Å². The maximum Gasteiger partial charge on any atom is 0.284 e. The molecule has 0 aliphatic heterocycles. The number of benzene rings is 1. The van der Waals surface area contributed by atoms with Crippen LogP contribution in [-0.2, 0) is 6.54 Å². The summed E-state index contributed by atoms with van der Waals surface area (Å²) < 4.78 is 15.0. The minimum absolute atomic E-state index is 0.256. The number of aryl methyl sites for hydroxylation is 2. The summed E-state index contributed by atoms with van der Waals surface area (Å²) in [6.07, 6.45) is 0. The third-order valence-electron chi connectivity index (χ3n) is 3.67. The van der Waals surface area contributed by atoms with Crippen molar-refractivity contribution in [2.24, 2.45) is 5.73 Å². The number of fused-ring (bicyclic) bond motifs is 1. The number of halogens is 1. The van der Waals surface area contributed by atoms with Crippen LogP contribution >= 0.6 is 11.3 Å². The average Bonchev–Trinajstić information content (AvgIpc) is 2.88. The predicted octanol–water partition coefficient (Wildman–Crippen LogP) is 2.69. The molecule has 2 heterocycles. The lowest BCUT2D eigenvalue weighted by molar-refractivity contribution is 0.100. The molecule has 7 heteroatoms. The van der Waals surface area contributed by atoms with E-state index in [9.17, 15) is 14.0 Å². The largest absolute Gasteiger partial charge is 0.365 e. The van der Waals surface area contributed by atoms with Crippen molar-refractivity contribution in [1.82, 2.24) is 9.78 Å². The molecule has 0 unspecified atom stereocenters. The Hall–Kier alpha value is -2.54. The molecule has 2 aromatic heterocycles. The highest BCUT2D eigenvalue weighted by atomic mass is 32.1. The van der Waals surface area contributed by atoms with Crippen molar-refractivity contribution in [1.29, 1.82) is 0 Å². The van der Waals surface area contributed by atoms with Crippen LogP contribution in [-0.4, -0.2) is 15.7 Å². The minimum Gasteiger partial charge on any atom is -0.365 e. The SMILES string of the molecule is CCn1nc(-c2ccc(F)cc2)c2c(C)c(C(N)=O)sc2c1=O. The van der Waals surface area contributed by atoms with Gasteiger partial charge in [0.25, 0.3) is 11.5 Å². The Morgan fingerprint density at radius 3 is 2.57 bits per heavy atom. The lowest BCUT2D eigenvalue weighted by Gasteiger charge is -2.08. The number of rotatable bonds is 3. The van der Waals surface area contributed by atoms with Crippen molar-refractivity contribution >= 4 is 27.3 Å². The zero-order valence-electron chi connectivity index (χ0n) is 12.6. The van der Waals surface area contributed by atoms with Crippen LogP contribution in [0.15, 0.2) is 29.1 Å². The standard InChI is InChI=1S/C16H14FN3O2S/c1-3-20-16(22)14-11(8(2)13(23-14)15(18)21)12(19-20)9-4-6-10(17)7-5-9/h4-7H,3H2,1-2H3,(H2,18,21). The molecule has 1 aromatic carbocycles. The van der Waals surface area contributed by atoms with Gasteiger partial charge in [-0.15, -0.1) is 11.3 Å². The number of aromatic nitrogens is 2. The molecule has 3 rings (SSSR count). The van der Waals surface area contributed by atoms with E-state index in [0.717, 1.165) is 11.3 Å². The molecule has 5 nitrogen and oxygen atoms in total. The molecular weight excluding hydrogens is 317 g/mol. The van der Waals surface area contributed by atoms with E-state index in [1.807, 2.05) is 6.92 Å². The zero-order chi connectivity index (χ0) is 16.7. The first-order valence-electron chi connectivity index (χ1n) is 7.04. The summed E-state index contributed by atoms with van der Waals surface area (Å²) in [5, 5.41) is 4.99. The van der Waals surface area contributed by atoms with Crippen LogP contribution in [0.4, 0.5) is 4.39 Å². The highest BCUT2D eigenvalue weighted by Gasteiger charge is 2.21. The Bertz CT molecular complexity index is 974. The van der Waals surface area contributed by atoms with Gasteiger partial charge in [0.1, 0.15) is 16.2 Å². The lowest BCUT2D eigenvalue weighted by atomic mass is 10.0. The molecule has 23 heavy (non-hydrogen) atoms. The van der Waals surface area contributed by atoms with E-state index in [-0.39, 0.29) is 11.4 Å². The maximum absolute atomic E-state index is 13.2. The number of hydrogen-bond acceptors (Lipinski definition) is 4. The molecule has 0 spiro atoms. The van der Waals surface area contributed by atoms with Crippen molar-refractivity contribution < 1.29 is 9.18 Å². The van der Waals surface area contributed by atoms with Gasteiger partial charge in [0.15, 0.2) is 0 Å². The number of nitrogens with two attached hydrogens (primary N) is 1. The Morgan fingerprint density at radius 1 is 1.35 bits per heavy atom. The molecule has 0 aliphatic rings. The molecule has 0 fully saturated rings. The van der Waals surface area contributed by atoms with Gasteiger partial charge in [-0.2, -0.15) is 5.10 Å². The molecule has 3 aromatic rings. The van der Waals surface area contributed by atoms with Crippen LogP contribution in [0.5, 0.6) is 0 Å². The summed E-state index contributed by atoms with van der Waals surface area (Å²) in [5.41, 5.74) is 6.99. The van der Waals surface area contributed by atoms with Crippen LogP contribution in [0.2, 0.25) is 0 Å². The number of amides is 1. The monoisotopic (exact) mass is 331 g/mol. The van der Waals surface area contributed by atoms with Gasteiger partial charge in [-0.05, 0) is 43.7 Å². The first-order valence-corrected chi connectivity index (χ1v) is 7.85. The fourth-order valence-electron chi connectivity index (χ4n) is 2.54. The fraction of sp³-hybridized carbons (Fsp3) is 0.188. The van der Waals surface area contributed by atoms with Crippen molar-refractivity contribution in [3.05, 3.63) is 50.9 Å². The molecule has 1 amide bonds. The topological polar surface area (TPSA) is 78.0 Å². The first-order chi connectivity index (χ1) is 10.9. The molecule has 118 valence electrons. The molecule has 0 aliphatic carbocycles. The molecule has 0 radical (unpaired) electrons. The third kappa shape index (κ3) is 2.43. The van der Waals surface area contributed by atoms with Gasteiger partial charge < -0.3 is 5.73 Å². The van der Waals surface area contributed by atoms with Gasteiger partial charge >= 0.3 is 0 Å². The molecule has 0 saturated heterocycles. The summed E-state index contributed by atoms with van der Waals surface area (Å²) in [7, 11) is 0. The molecular formula is C16H14FN3O2S. The lowest BCUT2D eigenvalue weighted by Crippen LogP contribution is -2.22. The maximum atomic E-state index is 13.2. The second-order valence-corrected chi connectivity index (χ2v) is 6.12. The number of carbonyl (C=O) groups is 1. The summed E-state index contributed by atoms with van der Waals surface area (Å²) in [6, 6.07) is 5.87. The van der Waals surface area contributed by atoms with Crippen LogP contribution in [0.3, 0.4) is 0 Å². The summed E-state index contributed by atoms with van der Waals surface area (Å²) >= 11 is 1.08. The number of hydrogen-bond donors (Lipinski definition) is 1. The smallest absolute Gasteiger partial charge is 0.284 e. The second-order valence-electron chi connectivity index (χ2n) is 5.10. The van der Waals surface area contributed by atoms with Gasteiger partial charge in [-0.1, -0.05) is 0 Å². The van der Waals surface area contributed by atoms with Gasteiger partial charge in [0.05, 0.1) is 4.88 Å². The fourth-order valence-corrected chi connectivity index (χ4v) is 3.65. The third-order valence-corrected chi connectivity index (χ3v) is 4.97. The van der Waals surface area contributed by atoms with E-state index in [0.29, 0.717) is 38.3 Å². The summed E-state index contributed by atoms with van der Waals surface area (Å²) in [4.78, 5) is 24.4. The quantitative estimate of drug-likeness (QED) is 0.801. The normalized spacial score (nSPS) is 11.1. The van der Waals surface area contributed by atoms with E-state index < -0.39 is 5.91 Å². The number of thiophene rings is 1. The first kappa shape index (κ1) is 15.4. The highest BCUT2D eigenvalue weighted by Crippen LogP contribution is 2.34. The second kappa shape index (κ2) is 5.58. The van der Waals surface area contributed by atoms with Gasteiger partial charge in [0.2, 0.25) is 0 Å². The molecule has 0 bridgehead atoms. The van der Waals surface area contributed by atoms with Gasteiger partial charge in [0, 0.05) is 17.5 Å². The Balaban J connectivity index is 2.45. The summed E-state index contributed by atoms with van der Waals surface area (Å²) in [5.74, 6) is -0.926. The van der Waals surface area contributed by atoms with Crippen molar-refractivity contribution in [3.8, 4) is 11.3 Å². The van der Waals surface area contributed by atoms with Crippen LogP contribution < -0.4 is 11.3 Å². The van der Waals surface area contributed by atoms with Gasteiger partial charge in [-0.25, -0.2) is 9.07 Å². The van der Waals surface area contributed by atoms with Crippen LogP contribution in [0.1, 0.15) is 22.2 Å². The number of primary amides is 1. The molecule has 0 saturated carbocycles. The number of nitrogens with zero attached hydrogens (tertiary/aromatic N) is 2. The Labute approximate surface area is 135 Å². The summed E-state index contributed by atoms with van der Waals surface area (Å²) in [6.45, 7) is 3.94. The Kier molecular flexibility index (Phi) is 3.73. The van der Waals surface area contributed by atoms with Crippen molar-refractivity contribution in [2.75, 3.05) is 0 Å². The van der Waals surface area contributed by atoms with Crippen molar-refractivity contribution in [2.45, 2.75) is 20.4 Å². The Morgan fingerprint density at radius 2 is 2.00 bits per heavy atom. The van der Waals surface area contributed by atoms with Crippen LogP contribution in [0.25, 0.3) is 21.3 Å². The van der Waals surface area contributed by atoms with Crippen LogP contribution in [0, 0.1) is 12.7 Å². The van der Waals surface area contributed by atoms with Gasteiger partial charge in [-0.3, -0.25) is 9.59 Å². The molecule has 0 atom stereocenters. The predicted molar refractivity (Wildman–Crippen MR) is 88.2 cm³/mol. The highest BCUT2D eigenvalue weighted by molar-refractivity contribution is 7.21. The molecule has 2 N–H and O–H groups in total. The zero-order valence-corrected chi connectivity index (χ0v) is 13.4. The minimum atomic E-state index is -0.573. The van der Waals surface area contributed by atoms with E-state index >= 15 is 0 Å².